The average Bonchev–Trinajstić information content (AvgIpc) is 3.62. The molecule has 9 heteroatoms. The standard InChI is InChI=1S/C29H34BrN5O3/c1-18(20-7-9-24(37-6)10-8-20)33-15-21(12-27(33)36)19(2)38-26-11-22(16-34-28(26)25(30)14-31-34)23-13-32-35(17-23)29(3,4)5/h7-11,13-14,16-19,21H,12,15H2,1-6H3/t18-,19-,21-/m1/s1. The molecule has 3 atom stereocenters. The summed E-state index contributed by atoms with van der Waals surface area (Å²) in [7, 11) is 1.65. The minimum atomic E-state index is -0.176. The Balaban J connectivity index is 1.37. The summed E-state index contributed by atoms with van der Waals surface area (Å²) in [6.45, 7) is 11.1. The Kier molecular flexibility index (Phi) is 6.98. The number of likely N-dealkylation sites (tertiary alicyclic amines) is 1. The van der Waals surface area contributed by atoms with Crippen LogP contribution in [0.1, 0.15) is 52.6 Å². The molecule has 1 aromatic carbocycles. The number of ether oxygens (including phenoxy) is 2. The van der Waals surface area contributed by atoms with Crippen molar-refractivity contribution in [1.82, 2.24) is 24.3 Å². The zero-order chi connectivity index (χ0) is 27.2. The molecule has 1 aliphatic rings. The first-order valence-corrected chi connectivity index (χ1v) is 13.7. The molecule has 3 aromatic heterocycles. The van der Waals surface area contributed by atoms with Crippen molar-refractivity contribution in [3.05, 3.63) is 65.2 Å². The summed E-state index contributed by atoms with van der Waals surface area (Å²) in [4.78, 5) is 15.0. The third kappa shape index (κ3) is 5.04. The molecule has 0 radical (unpaired) electrons. The second-order valence-corrected chi connectivity index (χ2v) is 11.9. The highest BCUT2D eigenvalue weighted by atomic mass is 79.9. The predicted octanol–water partition coefficient (Wildman–Crippen LogP) is 6.10. The molecule has 4 heterocycles. The van der Waals surface area contributed by atoms with E-state index in [9.17, 15) is 4.79 Å². The number of fused-ring (bicyclic) bond motifs is 1. The summed E-state index contributed by atoms with van der Waals surface area (Å²) in [5.41, 5.74) is 3.78. The van der Waals surface area contributed by atoms with E-state index in [1.54, 1.807) is 13.3 Å². The summed E-state index contributed by atoms with van der Waals surface area (Å²) in [5, 5.41) is 9.07. The molecule has 1 aliphatic heterocycles. The maximum Gasteiger partial charge on any atom is 0.223 e. The molecule has 0 saturated carbocycles. The molecule has 0 bridgehead atoms. The highest BCUT2D eigenvalue weighted by Gasteiger charge is 2.37. The Bertz CT molecular complexity index is 1450. The number of nitrogens with zero attached hydrogens (tertiary/aromatic N) is 5. The third-order valence-electron chi connectivity index (χ3n) is 7.37. The lowest BCUT2D eigenvalue weighted by Gasteiger charge is -2.27. The fraction of sp³-hybridized carbons (Fsp3) is 0.414. The Morgan fingerprint density at radius 2 is 1.79 bits per heavy atom. The van der Waals surface area contributed by atoms with Crippen LogP contribution in [-0.4, -0.2) is 50.0 Å². The topological polar surface area (TPSA) is 73.9 Å². The molecular weight excluding hydrogens is 546 g/mol. The molecule has 8 nitrogen and oxygen atoms in total. The van der Waals surface area contributed by atoms with Gasteiger partial charge in [-0.3, -0.25) is 9.48 Å². The van der Waals surface area contributed by atoms with Gasteiger partial charge in [-0.1, -0.05) is 12.1 Å². The van der Waals surface area contributed by atoms with Crippen LogP contribution in [0.4, 0.5) is 0 Å². The van der Waals surface area contributed by atoms with Crippen molar-refractivity contribution in [3.63, 3.8) is 0 Å². The Labute approximate surface area is 231 Å². The van der Waals surface area contributed by atoms with E-state index >= 15 is 0 Å². The van der Waals surface area contributed by atoms with E-state index in [0.717, 1.165) is 38.2 Å². The number of benzene rings is 1. The van der Waals surface area contributed by atoms with Crippen molar-refractivity contribution >= 4 is 27.4 Å². The summed E-state index contributed by atoms with van der Waals surface area (Å²) in [6.07, 6.45) is 7.94. The highest BCUT2D eigenvalue weighted by Crippen LogP contribution is 2.36. The van der Waals surface area contributed by atoms with Gasteiger partial charge in [0.05, 0.1) is 35.6 Å². The zero-order valence-electron chi connectivity index (χ0n) is 22.7. The van der Waals surface area contributed by atoms with E-state index in [1.807, 2.05) is 69.9 Å². The number of aromatic nitrogens is 4. The molecule has 200 valence electrons. The van der Waals surface area contributed by atoms with E-state index in [2.05, 4.69) is 53.8 Å². The van der Waals surface area contributed by atoms with Gasteiger partial charge in [-0.2, -0.15) is 10.2 Å². The van der Waals surface area contributed by atoms with E-state index in [1.165, 1.54) is 0 Å². The summed E-state index contributed by atoms with van der Waals surface area (Å²) in [6, 6.07) is 9.92. The maximum atomic E-state index is 13.0. The fourth-order valence-corrected chi connectivity index (χ4v) is 5.41. The minimum Gasteiger partial charge on any atom is -0.497 e. The summed E-state index contributed by atoms with van der Waals surface area (Å²) < 4.78 is 16.5. The lowest BCUT2D eigenvalue weighted by Crippen LogP contribution is -2.31. The van der Waals surface area contributed by atoms with Gasteiger partial charge < -0.3 is 14.4 Å². The summed E-state index contributed by atoms with van der Waals surface area (Å²) in [5.74, 6) is 1.74. The van der Waals surface area contributed by atoms with Crippen LogP contribution in [0.25, 0.3) is 16.6 Å². The van der Waals surface area contributed by atoms with Gasteiger partial charge in [0.2, 0.25) is 5.91 Å². The van der Waals surface area contributed by atoms with E-state index in [0.29, 0.717) is 13.0 Å². The van der Waals surface area contributed by atoms with Crippen LogP contribution in [0.15, 0.2) is 59.6 Å². The average molecular weight is 581 g/mol. The number of hydrogen-bond donors (Lipinski definition) is 0. The largest absolute Gasteiger partial charge is 0.497 e. The van der Waals surface area contributed by atoms with Crippen LogP contribution in [0.3, 0.4) is 0 Å². The Hall–Kier alpha value is -3.33. The molecule has 1 fully saturated rings. The van der Waals surface area contributed by atoms with E-state index < -0.39 is 0 Å². The molecule has 0 spiro atoms. The number of methoxy groups -OCH3 is 1. The molecule has 1 saturated heterocycles. The molecular formula is C29H34BrN5O3. The number of carbonyl (C=O) groups excluding carboxylic acids is 1. The molecule has 0 unspecified atom stereocenters. The predicted molar refractivity (Wildman–Crippen MR) is 150 cm³/mol. The van der Waals surface area contributed by atoms with Gasteiger partial charge in [-0.15, -0.1) is 0 Å². The SMILES string of the molecule is COc1ccc([C@@H](C)N2C[C@H]([C@@H](C)Oc3cc(-c4cnn(C(C)(C)C)c4)cn4ncc(Br)c34)CC2=O)cc1. The normalized spacial score (nSPS) is 17.7. The minimum absolute atomic E-state index is 0.0241. The van der Waals surface area contributed by atoms with Crippen molar-refractivity contribution in [2.75, 3.05) is 13.7 Å². The Morgan fingerprint density at radius 1 is 1.05 bits per heavy atom. The van der Waals surface area contributed by atoms with Gasteiger partial charge in [0.25, 0.3) is 0 Å². The monoisotopic (exact) mass is 579 g/mol. The van der Waals surface area contributed by atoms with Crippen LogP contribution in [0.5, 0.6) is 11.5 Å². The molecule has 4 aromatic rings. The van der Waals surface area contributed by atoms with Crippen LogP contribution >= 0.6 is 15.9 Å². The van der Waals surface area contributed by atoms with Crippen molar-refractivity contribution in [2.24, 2.45) is 5.92 Å². The smallest absolute Gasteiger partial charge is 0.223 e. The van der Waals surface area contributed by atoms with Crippen molar-refractivity contribution in [3.8, 4) is 22.6 Å². The lowest BCUT2D eigenvalue weighted by molar-refractivity contribution is -0.129. The number of halogens is 1. The first kappa shape index (κ1) is 26.3. The first-order chi connectivity index (χ1) is 18.0. The van der Waals surface area contributed by atoms with Gasteiger partial charge in [0, 0.05) is 42.4 Å². The van der Waals surface area contributed by atoms with E-state index in [-0.39, 0.29) is 29.5 Å². The molecule has 1 amide bonds. The van der Waals surface area contributed by atoms with Gasteiger partial charge in [0.1, 0.15) is 23.1 Å². The van der Waals surface area contributed by atoms with Crippen molar-refractivity contribution in [1.29, 1.82) is 0 Å². The van der Waals surface area contributed by atoms with E-state index in [4.69, 9.17) is 9.47 Å². The van der Waals surface area contributed by atoms with Crippen molar-refractivity contribution < 1.29 is 14.3 Å². The lowest BCUT2D eigenvalue weighted by atomic mass is 10.0. The number of carbonyl (C=O) groups is 1. The van der Waals surface area contributed by atoms with Gasteiger partial charge in [-0.25, -0.2) is 4.52 Å². The van der Waals surface area contributed by atoms with Crippen LogP contribution in [-0.2, 0) is 10.3 Å². The molecule has 38 heavy (non-hydrogen) atoms. The van der Waals surface area contributed by atoms with Gasteiger partial charge >= 0.3 is 0 Å². The van der Waals surface area contributed by atoms with Crippen LogP contribution < -0.4 is 9.47 Å². The number of rotatable bonds is 7. The third-order valence-corrected chi connectivity index (χ3v) is 7.95. The number of pyridine rings is 1. The molecule has 0 aliphatic carbocycles. The quantitative estimate of drug-likeness (QED) is 0.264. The fourth-order valence-electron chi connectivity index (χ4n) is 4.94. The van der Waals surface area contributed by atoms with Crippen molar-refractivity contribution in [2.45, 2.75) is 58.7 Å². The Morgan fingerprint density at radius 3 is 2.45 bits per heavy atom. The number of amides is 1. The van der Waals surface area contributed by atoms with Crippen LogP contribution in [0.2, 0.25) is 0 Å². The maximum absolute atomic E-state index is 13.0. The molecule has 0 N–H and O–H groups in total. The van der Waals surface area contributed by atoms with Gasteiger partial charge in [-0.05, 0) is 74.3 Å². The van der Waals surface area contributed by atoms with Crippen LogP contribution in [0, 0.1) is 5.92 Å². The highest BCUT2D eigenvalue weighted by molar-refractivity contribution is 9.10. The number of hydrogen-bond acceptors (Lipinski definition) is 5. The first-order valence-electron chi connectivity index (χ1n) is 12.9. The zero-order valence-corrected chi connectivity index (χ0v) is 24.3. The van der Waals surface area contributed by atoms with Gasteiger partial charge in [0.15, 0.2) is 0 Å². The second-order valence-electron chi connectivity index (χ2n) is 11.0. The molecule has 5 rings (SSSR count). The summed E-state index contributed by atoms with van der Waals surface area (Å²) >= 11 is 3.63. The second kappa shape index (κ2) is 10.1.